The van der Waals surface area contributed by atoms with Crippen molar-refractivity contribution in [2.24, 2.45) is 0 Å². The van der Waals surface area contributed by atoms with Gasteiger partial charge in [-0.15, -0.1) is 0 Å². The molecule has 1 saturated carbocycles. The van der Waals surface area contributed by atoms with Crippen molar-refractivity contribution >= 4 is 23.6 Å². The molecule has 2 amide bonds. The predicted octanol–water partition coefficient (Wildman–Crippen LogP) is 0.00300. The number of aromatic nitrogens is 3. The Balaban J connectivity index is 1.39. The zero-order chi connectivity index (χ0) is 20.9. The van der Waals surface area contributed by atoms with E-state index in [-0.39, 0.29) is 17.4 Å². The Morgan fingerprint density at radius 3 is 2.93 bits per heavy atom. The van der Waals surface area contributed by atoms with Crippen LogP contribution in [0, 0.1) is 0 Å². The van der Waals surface area contributed by atoms with Crippen molar-refractivity contribution in [2.45, 2.75) is 31.5 Å². The van der Waals surface area contributed by atoms with Crippen molar-refractivity contribution in [3.8, 4) is 0 Å². The molecule has 0 atom stereocenters. The van der Waals surface area contributed by atoms with Crippen molar-refractivity contribution < 1.29 is 14.3 Å². The number of H-pyrrole nitrogens is 1. The van der Waals surface area contributed by atoms with Crippen LogP contribution in [0.5, 0.6) is 0 Å². The highest BCUT2D eigenvalue weighted by Crippen LogP contribution is 2.42. The van der Waals surface area contributed by atoms with E-state index < -0.39 is 0 Å². The van der Waals surface area contributed by atoms with E-state index in [0.29, 0.717) is 37.5 Å². The lowest BCUT2D eigenvalue weighted by atomic mass is 10.1. The molecule has 3 aliphatic rings. The fraction of sp³-hybridized carbons (Fsp3) is 0.409. The molecule has 154 valence electrons. The maximum Gasteiger partial charge on any atom is 0.270 e. The molecule has 30 heavy (non-hydrogen) atoms. The summed E-state index contributed by atoms with van der Waals surface area (Å²) in [5.41, 5.74) is 7.49. The van der Waals surface area contributed by atoms with Crippen molar-refractivity contribution in [3.05, 3.63) is 51.6 Å². The molecule has 0 bridgehead atoms. The van der Waals surface area contributed by atoms with Crippen LogP contribution in [0.15, 0.2) is 24.1 Å². The number of rotatable bonds is 5. The fourth-order valence-electron chi connectivity index (χ4n) is 4.22. The largest absolute Gasteiger partial charge is 0.382 e. The first-order valence-electron chi connectivity index (χ1n) is 10.0. The third-order valence-corrected chi connectivity index (χ3v) is 6.27. The van der Waals surface area contributed by atoms with E-state index in [1.54, 1.807) is 29.2 Å². The standard InChI is InChI=1S/C22H23N5O3/c1-25(22(7-8-22)14-30-2)20(28)16-12-23-27-10-9-26(13-19(16)27)21(29)18-11-15-5-3-4-6-17(15)24-18/h3,5,11-12,24H,7-10,13-14H2,1-2H3. The number of likely N-dealkylation sites (N-methyl/N-ethyl adjacent to an activating group) is 1. The number of hydrogen-bond acceptors (Lipinski definition) is 4. The number of amides is 2. The van der Waals surface area contributed by atoms with Crippen LogP contribution in [0.3, 0.4) is 0 Å². The minimum Gasteiger partial charge on any atom is -0.382 e. The van der Waals surface area contributed by atoms with Crippen LogP contribution >= 0.6 is 0 Å². The third kappa shape index (κ3) is 2.94. The van der Waals surface area contributed by atoms with E-state index in [2.05, 4.69) is 21.5 Å². The molecule has 1 N–H and O–H groups in total. The smallest absolute Gasteiger partial charge is 0.270 e. The topological polar surface area (TPSA) is 83.5 Å². The molecule has 8 heteroatoms. The second kappa shape index (κ2) is 6.89. The minimum atomic E-state index is -0.220. The number of carbonyl (C=O) groups excluding carboxylic acids is 2. The zero-order valence-corrected chi connectivity index (χ0v) is 17.1. The monoisotopic (exact) mass is 405 g/mol. The quantitative estimate of drug-likeness (QED) is 0.710. The summed E-state index contributed by atoms with van der Waals surface area (Å²) in [6.45, 7) is 1.96. The van der Waals surface area contributed by atoms with E-state index in [1.807, 2.05) is 23.9 Å². The molecule has 1 fully saturated rings. The second-order valence-corrected chi connectivity index (χ2v) is 8.09. The van der Waals surface area contributed by atoms with Gasteiger partial charge >= 0.3 is 0 Å². The van der Waals surface area contributed by atoms with Gasteiger partial charge in [-0.1, -0.05) is 5.73 Å². The number of ether oxygens (including phenoxy) is 1. The molecule has 0 unspecified atom stereocenters. The average Bonchev–Trinajstić information content (AvgIpc) is 3.23. The number of fused-ring (bicyclic) bond motifs is 2. The van der Waals surface area contributed by atoms with E-state index >= 15 is 0 Å². The van der Waals surface area contributed by atoms with E-state index in [1.165, 1.54) is 0 Å². The summed E-state index contributed by atoms with van der Waals surface area (Å²) in [5, 5.41) is 6.07. The van der Waals surface area contributed by atoms with Crippen LogP contribution in [0.4, 0.5) is 0 Å². The minimum absolute atomic E-state index is 0.0733. The fourth-order valence-corrected chi connectivity index (χ4v) is 4.22. The molecule has 2 aromatic rings. The highest BCUT2D eigenvalue weighted by molar-refractivity contribution is 5.96. The number of carbonyl (C=O) groups is 2. The predicted molar refractivity (Wildman–Crippen MR) is 109 cm³/mol. The maximum absolute atomic E-state index is 13.2. The van der Waals surface area contributed by atoms with Crippen LogP contribution < -0.4 is 10.6 Å². The van der Waals surface area contributed by atoms with Gasteiger partial charge in [0.05, 0.1) is 48.0 Å². The van der Waals surface area contributed by atoms with Gasteiger partial charge in [0.2, 0.25) is 0 Å². The number of nitrogens with zero attached hydrogens (tertiary/aromatic N) is 4. The molecule has 3 heterocycles. The first-order valence-corrected chi connectivity index (χ1v) is 10.0. The lowest BCUT2D eigenvalue weighted by Gasteiger charge is -2.30. The Morgan fingerprint density at radius 1 is 1.37 bits per heavy atom. The number of methoxy groups -OCH3 is 1. The Labute approximate surface area is 173 Å². The molecule has 2 aromatic heterocycles. The number of nitrogens with one attached hydrogen (secondary N) is 1. The van der Waals surface area contributed by atoms with Crippen LogP contribution in [0.1, 0.15) is 39.4 Å². The zero-order valence-electron chi connectivity index (χ0n) is 17.1. The van der Waals surface area contributed by atoms with Gasteiger partial charge in [0.15, 0.2) is 0 Å². The highest BCUT2D eigenvalue weighted by Gasteiger charge is 2.49. The highest BCUT2D eigenvalue weighted by atomic mass is 16.5. The number of hydrogen-bond donors (Lipinski definition) is 1. The molecule has 5 rings (SSSR count). The van der Waals surface area contributed by atoms with Crippen molar-refractivity contribution in [1.82, 2.24) is 24.6 Å². The molecule has 0 saturated heterocycles. The second-order valence-electron chi connectivity index (χ2n) is 8.09. The summed E-state index contributed by atoms with van der Waals surface area (Å²) < 4.78 is 7.15. The van der Waals surface area contributed by atoms with Crippen LogP contribution in [-0.4, -0.2) is 69.2 Å². The summed E-state index contributed by atoms with van der Waals surface area (Å²) in [6.07, 6.45) is 7.16. The number of aromatic amines is 1. The van der Waals surface area contributed by atoms with Crippen molar-refractivity contribution in [3.63, 3.8) is 0 Å². The molecule has 0 spiro atoms. The Bertz CT molecular complexity index is 1240. The Kier molecular flexibility index (Phi) is 4.29. The third-order valence-electron chi connectivity index (χ3n) is 6.27. The van der Waals surface area contributed by atoms with E-state index in [9.17, 15) is 9.59 Å². The first-order chi connectivity index (χ1) is 14.5. The van der Waals surface area contributed by atoms with Gasteiger partial charge in [-0.05, 0) is 36.8 Å². The van der Waals surface area contributed by atoms with Gasteiger partial charge in [0, 0.05) is 25.9 Å². The van der Waals surface area contributed by atoms with Gasteiger partial charge in [0.1, 0.15) is 5.69 Å². The van der Waals surface area contributed by atoms with Gasteiger partial charge < -0.3 is 19.5 Å². The van der Waals surface area contributed by atoms with Crippen molar-refractivity contribution in [1.29, 1.82) is 0 Å². The van der Waals surface area contributed by atoms with Crippen LogP contribution in [0.25, 0.3) is 11.8 Å². The Hall–Kier alpha value is -3.31. The molecule has 1 aliphatic heterocycles. The van der Waals surface area contributed by atoms with Gasteiger partial charge in [-0.25, -0.2) is 0 Å². The van der Waals surface area contributed by atoms with Gasteiger partial charge in [0.25, 0.3) is 11.8 Å². The molecule has 8 nitrogen and oxygen atoms in total. The molecule has 2 aliphatic carbocycles. The average molecular weight is 405 g/mol. The molecular weight excluding hydrogens is 382 g/mol. The summed E-state index contributed by atoms with van der Waals surface area (Å²) in [5.74, 6) is -0.173. The summed E-state index contributed by atoms with van der Waals surface area (Å²) in [4.78, 5) is 33.0. The lowest BCUT2D eigenvalue weighted by molar-refractivity contribution is 0.0544. The van der Waals surface area contributed by atoms with E-state index in [0.717, 1.165) is 29.1 Å². The van der Waals surface area contributed by atoms with Crippen LogP contribution in [-0.2, 0) is 17.8 Å². The van der Waals surface area contributed by atoms with Gasteiger partial charge in [-0.2, -0.15) is 5.10 Å². The Morgan fingerprint density at radius 2 is 2.20 bits per heavy atom. The maximum atomic E-state index is 13.2. The summed E-state index contributed by atoms with van der Waals surface area (Å²) in [6, 6.07) is 1.83. The summed E-state index contributed by atoms with van der Waals surface area (Å²) in [7, 11) is 3.48. The van der Waals surface area contributed by atoms with E-state index in [4.69, 9.17) is 4.74 Å². The molecular formula is C22H23N5O3. The van der Waals surface area contributed by atoms with Crippen molar-refractivity contribution in [2.75, 3.05) is 27.3 Å². The van der Waals surface area contributed by atoms with Gasteiger partial charge in [-0.3, -0.25) is 14.3 Å². The molecule has 0 radical (unpaired) electrons. The summed E-state index contributed by atoms with van der Waals surface area (Å²) >= 11 is 0. The SMILES string of the molecule is COCC1(N(C)C(=O)c2cnn3c2CN(C(=O)c2cc4c([nH]2)=C=C=CC=4)CC3)CC1. The number of allylic oxidation sites excluding steroid dienone is 1. The first kappa shape index (κ1) is 18.7. The lowest BCUT2D eigenvalue weighted by Crippen LogP contribution is -2.43. The van der Waals surface area contributed by atoms with Crippen LogP contribution in [0.2, 0.25) is 0 Å². The normalized spacial score (nSPS) is 17.6. The molecule has 0 aromatic carbocycles.